The molecule has 0 bridgehead atoms. The first-order valence-electron chi connectivity index (χ1n) is 14.4. The van der Waals surface area contributed by atoms with Gasteiger partial charge in [-0.3, -0.25) is 34.0 Å². The van der Waals surface area contributed by atoms with Crippen molar-refractivity contribution < 1.29 is 28.6 Å². The molecule has 0 radical (unpaired) electrons. The molecule has 1 saturated heterocycles. The van der Waals surface area contributed by atoms with Gasteiger partial charge in [-0.15, -0.1) is 0 Å². The van der Waals surface area contributed by atoms with Crippen molar-refractivity contribution in [3.63, 3.8) is 0 Å². The number of benzene rings is 1. The highest BCUT2D eigenvalue weighted by Crippen LogP contribution is 2.28. The van der Waals surface area contributed by atoms with Gasteiger partial charge in [0.25, 0.3) is 23.8 Å². The van der Waals surface area contributed by atoms with Crippen molar-refractivity contribution in [1.82, 2.24) is 34.7 Å². The third-order valence-corrected chi connectivity index (χ3v) is 7.25. The van der Waals surface area contributed by atoms with Crippen LogP contribution < -0.4 is 20.9 Å². The van der Waals surface area contributed by atoms with Crippen molar-refractivity contribution in [2.75, 3.05) is 25.5 Å². The average molecular weight is 641 g/mol. The van der Waals surface area contributed by atoms with Gasteiger partial charge in [0, 0.05) is 29.5 Å². The number of carbonyl (C=O) groups excluding carboxylic acids is 2. The Morgan fingerprint density at radius 2 is 1.70 bits per heavy atom. The van der Waals surface area contributed by atoms with E-state index in [-0.39, 0.29) is 41.4 Å². The summed E-state index contributed by atoms with van der Waals surface area (Å²) in [5.41, 5.74) is 0.469. The molecule has 4 aromatic heterocycles. The van der Waals surface area contributed by atoms with Crippen LogP contribution in [0.15, 0.2) is 84.3 Å². The molecule has 1 aliphatic heterocycles. The number of nitrogens with zero attached hydrogens (tertiary/aromatic N) is 6. The smallest absolute Gasteiger partial charge is 0.290 e. The molecule has 6 rings (SSSR count). The van der Waals surface area contributed by atoms with Gasteiger partial charge in [-0.2, -0.15) is 0 Å². The number of rotatable bonds is 7. The first-order valence-corrected chi connectivity index (χ1v) is 14.4. The van der Waals surface area contributed by atoms with Crippen molar-refractivity contribution >= 4 is 35.1 Å². The van der Waals surface area contributed by atoms with E-state index in [0.29, 0.717) is 22.3 Å². The maximum atomic E-state index is 13.3. The van der Waals surface area contributed by atoms with Crippen molar-refractivity contribution in [1.29, 1.82) is 0 Å². The second kappa shape index (κ2) is 14.8. The molecule has 15 heteroatoms. The summed E-state index contributed by atoms with van der Waals surface area (Å²) >= 11 is 0. The van der Waals surface area contributed by atoms with Crippen LogP contribution in [0.1, 0.15) is 33.7 Å². The van der Waals surface area contributed by atoms with Crippen LogP contribution in [-0.4, -0.2) is 79.0 Å². The third-order valence-electron chi connectivity index (χ3n) is 7.25. The zero-order chi connectivity index (χ0) is 33.3. The number of likely N-dealkylation sites (tertiary alicyclic amines) is 1. The number of pyridine rings is 3. The fraction of sp³-hybridized carbons (Fsp3) is 0.188. The summed E-state index contributed by atoms with van der Waals surface area (Å²) in [4.78, 5) is 66.2. The van der Waals surface area contributed by atoms with Crippen LogP contribution in [-0.2, 0) is 4.79 Å². The van der Waals surface area contributed by atoms with Crippen LogP contribution in [0.3, 0.4) is 0 Å². The highest BCUT2D eigenvalue weighted by atomic mass is 19.1. The zero-order valence-electron chi connectivity index (χ0n) is 25.0. The zero-order valence-corrected chi connectivity index (χ0v) is 25.0. The van der Waals surface area contributed by atoms with E-state index in [4.69, 9.17) is 14.6 Å². The molecule has 0 spiro atoms. The standard InChI is InChI=1S/C31H27FN8O4.CH2O2/c1-39-13-9-20(10-14-39)37-29(42)25-15-24-26(18-34-25)33-11-8-27(24)44-22-16-35-31(36-17-22)38-28(41)23-3-2-12-40(30(23)43)21-6-4-19(32)5-7-21;2-1-3/h2-8,11-12,15-18,20H,9-10,13-14H2,1H3,(H,37,42)(H,35,36,38,41);1H,(H,2,3). The highest BCUT2D eigenvalue weighted by molar-refractivity contribution is 6.03. The van der Waals surface area contributed by atoms with Gasteiger partial charge in [0.15, 0.2) is 5.75 Å². The summed E-state index contributed by atoms with van der Waals surface area (Å²) in [7, 11) is 2.06. The Morgan fingerprint density at radius 3 is 2.40 bits per heavy atom. The van der Waals surface area contributed by atoms with E-state index in [1.807, 2.05) is 0 Å². The largest absolute Gasteiger partial charge is 0.483 e. The Bertz CT molecular complexity index is 1950. The molecule has 0 saturated carbocycles. The number of nitrogens with one attached hydrogen (secondary N) is 2. The average Bonchev–Trinajstić information content (AvgIpc) is 3.07. The molecule has 5 heterocycles. The van der Waals surface area contributed by atoms with Crippen LogP contribution in [0.25, 0.3) is 16.6 Å². The van der Waals surface area contributed by atoms with Crippen LogP contribution in [0, 0.1) is 5.82 Å². The van der Waals surface area contributed by atoms with Crippen molar-refractivity contribution in [3.8, 4) is 17.2 Å². The fourth-order valence-corrected chi connectivity index (χ4v) is 4.85. The minimum absolute atomic E-state index is 0.0458. The van der Waals surface area contributed by atoms with Crippen LogP contribution in [0.4, 0.5) is 10.3 Å². The molecule has 2 amide bonds. The first-order chi connectivity index (χ1) is 22.7. The summed E-state index contributed by atoms with van der Waals surface area (Å²) < 4.78 is 20.5. The van der Waals surface area contributed by atoms with E-state index in [9.17, 15) is 18.8 Å². The molecule has 1 aliphatic rings. The molecule has 1 fully saturated rings. The number of ether oxygens (including phenoxy) is 1. The normalized spacial score (nSPS) is 13.2. The predicted molar refractivity (Wildman–Crippen MR) is 168 cm³/mol. The molecule has 0 aliphatic carbocycles. The van der Waals surface area contributed by atoms with E-state index in [1.165, 1.54) is 65.8 Å². The lowest BCUT2D eigenvalue weighted by atomic mass is 10.1. The molecule has 3 N–H and O–H groups in total. The number of hydrogen-bond acceptors (Lipinski definition) is 10. The number of carbonyl (C=O) groups is 3. The second-order valence-corrected chi connectivity index (χ2v) is 10.4. The van der Waals surface area contributed by atoms with Crippen LogP contribution >= 0.6 is 0 Å². The molecule has 0 atom stereocenters. The van der Waals surface area contributed by atoms with Crippen molar-refractivity contribution in [2.24, 2.45) is 0 Å². The minimum atomic E-state index is -0.709. The minimum Gasteiger partial charge on any atom is -0.483 e. The molecule has 5 aromatic rings. The Labute approximate surface area is 266 Å². The van der Waals surface area contributed by atoms with E-state index >= 15 is 0 Å². The number of halogens is 1. The monoisotopic (exact) mass is 640 g/mol. The summed E-state index contributed by atoms with van der Waals surface area (Å²) in [5.74, 6) is -0.776. The summed E-state index contributed by atoms with van der Waals surface area (Å²) in [5, 5.41) is 13.0. The Morgan fingerprint density at radius 1 is 1.00 bits per heavy atom. The van der Waals surface area contributed by atoms with Gasteiger partial charge < -0.3 is 20.1 Å². The van der Waals surface area contributed by atoms with Crippen LogP contribution in [0.5, 0.6) is 11.5 Å². The van der Waals surface area contributed by atoms with Gasteiger partial charge in [0.2, 0.25) is 5.95 Å². The van der Waals surface area contributed by atoms with E-state index in [0.717, 1.165) is 25.9 Å². The SMILES string of the molecule is CN1CCC(NC(=O)c2cc3c(Oc4cnc(NC(=O)c5cccn(-c6ccc(F)cc6)c5=O)nc4)ccnc3cn2)CC1.O=CO. The van der Waals surface area contributed by atoms with Crippen molar-refractivity contribution in [3.05, 3.63) is 107 Å². The lowest BCUT2D eigenvalue weighted by Crippen LogP contribution is -2.43. The molecule has 0 unspecified atom stereocenters. The Hall–Kier alpha value is -6.09. The van der Waals surface area contributed by atoms with E-state index < -0.39 is 17.3 Å². The number of carboxylic acid groups (broad SMARTS) is 1. The van der Waals surface area contributed by atoms with Crippen LogP contribution in [0.2, 0.25) is 0 Å². The number of aromatic nitrogens is 5. The quantitative estimate of drug-likeness (QED) is 0.222. The predicted octanol–water partition coefficient (Wildman–Crippen LogP) is 3.28. The molecular formula is C32H29FN8O6. The number of amides is 2. The van der Waals surface area contributed by atoms with Gasteiger partial charge >= 0.3 is 0 Å². The van der Waals surface area contributed by atoms with Crippen molar-refractivity contribution in [2.45, 2.75) is 18.9 Å². The molecule has 240 valence electrons. The van der Waals surface area contributed by atoms with Gasteiger partial charge in [0.05, 0.1) is 24.1 Å². The third kappa shape index (κ3) is 7.96. The Balaban J connectivity index is 0.00000139. The first kappa shape index (κ1) is 32.3. The summed E-state index contributed by atoms with van der Waals surface area (Å²) in [6, 6.07) is 11.6. The van der Waals surface area contributed by atoms with Gasteiger partial charge in [-0.1, -0.05) is 0 Å². The summed E-state index contributed by atoms with van der Waals surface area (Å²) in [6.45, 7) is 1.60. The fourth-order valence-electron chi connectivity index (χ4n) is 4.85. The lowest BCUT2D eigenvalue weighted by Gasteiger charge is -2.29. The maximum absolute atomic E-state index is 13.3. The van der Waals surface area contributed by atoms with Gasteiger partial charge in [0.1, 0.15) is 22.8 Å². The number of piperidine rings is 1. The second-order valence-electron chi connectivity index (χ2n) is 10.4. The molecular weight excluding hydrogens is 611 g/mol. The number of fused-ring (bicyclic) bond motifs is 1. The summed E-state index contributed by atoms with van der Waals surface area (Å²) in [6.07, 6.45) is 9.05. The molecule has 47 heavy (non-hydrogen) atoms. The Kier molecular flexibility index (Phi) is 10.2. The lowest BCUT2D eigenvalue weighted by molar-refractivity contribution is -0.122. The van der Waals surface area contributed by atoms with Gasteiger partial charge in [-0.05, 0) is 81.5 Å². The van der Waals surface area contributed by atoms with E-state index in [1.54, 1.807) is 18.3 Å². The number of anilines is 1. The molecule has 14 nitrogen and oxygen atoms in total. The molecule has 1 aromatic carbocycles. The topological polar surface area (TPSA) is 182 Å². The number of hydrogen-bond donors (Lipinski definition) is 3. The van der Waals surface area contributed by atoms with Gasteiger partial charge in [-0.25, -0.2) is 19.3 Å². The highest BCUT2D eigenvalue weighted by Gasteiger charge is 2.21. The maximum Gasteiger partial charge on any atom is 0.290 e. The van der Waals surface area contributed by atoms with E-state index in [2.05, 4.69) is 42.5 Å².